The van der Waals surface area contributed by atoms with Crippen molar-refractivity contribution < 1.29 is 9.53 Å². The van der Waals surface area contributed by atoms with E-state index >= 15 is 0 Å². The maximum absolute atomic E-state index is 11.9. The molecule has 0 N–H and O–H groups in total. The standard InChI is InChI=1S/C21H27NO2/c1-5-21(24-17(4)23,18-13-9-8-10-14-18)19-15-11-12-16-20(19)22(6-2)7-3/h8-16H,5-7H2,1-4H3. The Morgan fingerprint density at radius 2 is 1.54 bits per heavy atom. The summed E-state index contributed by atoms with van der Waals surface area (Å²) in [6.45, 7) is 9.64. The van der Waals surface area contributed by atoms with Crippen LogP contribution in [0.4, 0.5) is 5.69 Å². The minimum Gasteiger partial charge on any atom is -0.449 e. The molecule has 3 nitrogen and oxygen atoms in total. The van der Waals surface area contributed by atoms with Gasteiger partial charge in [-0.25, -0.2) is 0 Å². The van der Waals surface area contributed by atoms with Crippen molar-refractivity contribution in [3.63, 3.8) is 0 Å². The van der Waals surface area contributed by atoms with E-state index in [4.69, 9.17) is 4.74 Å². The highest BCUT2D eigenvalue weighted by atomic mass is 16.6. The van der Waals surface area contributed by atoms with Gasteiger partial charge in [0.25, 0.3) is 0 Å². The minimum absolute atomic E-state index is 0.268. The van der Waals surface area contributed by atoms with Gasteiger partial charge in [-0.15, -0.1) is 0 Å². The average molecular weight is 325 g/mol. The van der Waals surface area contributed by atoms with Gasteiger partial charge in [-0.2, -0.15) is 0 Å². The van der Waals surface area contributed by atoms with Gasteiger partial charge in [-0.05, 0) is 26.3 Å². The van der Waals surface area contributed by atoms with E-state index < -0.39 is 5.60 Å². The normalized spacial score (nSPS) is 13.2. The summed E-state index contributed by atoms with van der Waals surface area (Å²) in [5, 5.41) is 0. The maximum Gasteiger partial charge on any atom is 0.303 e. The third-order valence-electron chi connectivity index (χ3n) is 4.50. The first-order chi connectivity index (χ1) is 11.6. The molecule has 0 heterocycles. The molecule has 0 saturated carbocycles. The summed E-state index contributed by atoms with van der Waals surface area (Å²) in [6.07, 6.45) is 0.675. The Hall–Kier alpha value is -2.29. The number of hydrogen-bond donors (Lipinski definition) is 0. The lowest BCUT2D eigenvalue weighted by atomic mass is 9.82. The van der Waals surface area contributed by atoms with E-state index in [1.807, 2.05) is 42.5 Å². The van der Waals surface area contributed by atoms with E-state index in [9.17, 15) is 4.79 Å². The lowest BCUT2D eigenvalue weighted by molar-refractivity contribution is -0.154. The van der Waals surface area contributed by atoms with Crippen molar-refractivity contribution in [2.45, 2.75) is 39.7 Å². The summed E-state index contributed by atoms with van der Waals surface area (Å²) in [6, 6.07) is 18.3. The van der Waals surface area contributed by atoms with Crippen molar-refractivity contribution in [2.24, 2.45) is 0 Å². The maximum atomic E-state index is 11.9. The van der Waals surface area contributed by atoms with Crippen molar-refractivity contribution in [1.29, 1.82) is 0 Å². The van der Waals surface area contributed by atoms with E-state index in [-0.39, 0.29) is 5.97 Å². The van der Waals surface area contributed by atoms with Gasteiger partial charge in [-0.1, -0.05) is 55.5 Å². The molecule has 0 bridgehead atoms. The molecule has 3 heteroatoms. The molecule has 128 valence electrons. The van der Waals surface area contributed by atoms with Gasteiger partial charge in [-0.3, -0.25) is 4.79 Å². The van der Waals surface area contributed by atoms with Gasteiger partial charge in [0.2, 0.25) is 0 Å². The van der Waals surface area contributed by atoms with Crippen LogP contribution in [0.3, 0.4) is 0 Å². The van der Waals surface area contributed by atoms with Crippen LogP contribution in [-0.2, 0) is 15.1 Å². The molecule has 1 unspecified atom stereocenters. The fourth-order valence-corrected chi connectivity index (χ4v) is 3.34. The Kier molecular flexibility index (Phi) is 6.02. The second-order valence-electron chi connectivity index (χ2n) is 5.83. The molecule has 2 rings (SSSR count). The molecular weight excluding hydrogens is 298 g/mol. The molecule has 0 aliphatic carbocycles. The first kappa shape index (κ1) is 18.1. The van der Waals surface area contributed by atoms with Crippen LogP contribution in [0.25, 0.3) is 0 Å². The van der Waals surface area contributed by atoms with Crippen molar-refractivity contribution >= 4 is 11.7 Å². The quantitative estimate of drug-likeness (QED) is 0.688. The first-order valence-corrected chi connectivity index (χ1v) is 8.68. The third kappa shape index (κ3) is 3.45. The molecule has 24 heavy (non-hydrogen) atoms. The first-order valence-electron chi connectivity index (χ1n) is 8.68. The molecule has 0 saturated heterocycles. The number of nitrogens with zero attached hydrogens (tertiary/aromatic N) is 1. The molecular formula is C21H27NO2. The molecule has 0 fully saturated rings. The van der Waals surface area contributed by atoms with E-state index in [0.717, 1.165) is 29.9 Å². The monoisotopic (exact) mass is 325 g/mol. The highest BCUT2D eigenvalue weighted by molar-refractivity contribution is 5.69. The van der Waals surface area contributed by atoms with Gasteiger partial charge in [0, 0.05) is 36.8 Å². The van der Waals surface area contributed by atoms with Gasteiger partial charge < -0.3 is 9.64 Å². The Balaban J connectivity index is 2.71. The molecule has 0 aromatic heterocycles. The molecule has 0 spiro atoms. The molecule has 2 aromatic carbocycles. The lowest BCUT2D eigenvalue weighted by Crippen LogP contribution is -2.35. The van der Waals surface area contributed by atoms with E-state index in [1.54, 1.807) is 0 Å². The predicted octanol–water partition coefficient (Wildman–Crippen LogP) is 4.75. The Morgan fingerprint density at radius 3 is 2.08 bits per heavy atom. The summed E-state index contributed by atoms with van der Waals surface area (Å²) in [5.74, 6) is -0.268. The zero-order valence-corrected chi connectivity index (χ0v) is 15.1. The van der Waals surface area contributed by atoms with E-state index in [1.165, 1.54) is 6.92 Å². The topological polar surface area (TPSA) is 29.5 Å². The predicted molar refractivity (Wildman–Crippen MR) is 99.3 cm³/mol. The van der Waals surface area contributed by atoms with Crippen LogP contribution in [0.15, 0.2) is 54.6 Å². The highest BCUT2D eigenvalue weighted by Crippen LogP contribution is 2.41. The highest BCUT2D eigenvalue weighted by Gasteiger charge is 2.38. The van der Waals surface area contributed by atoms with E-state index in [2.05, 4.69) is 37.8 Å². The Morgan fingerprint density at radius 1 is 0.958 bits per heavy atom. The zero-order chi connectivity index (χ0) is 17.6. The number of hydrogen-bond acceptors (Lipinski definition) is 3. The number of carbonyl (C=O) groups is 1. The van der Waals surface area contributed by atoms with Gasteiger partial charge in [0.1, 0.15) is 0 Å². The fourth-order valence-electron chi connectivity index (χ4n) is 3.34. The van der Waals surface area contributed by atoms with Gasteiger partial charge >= 0.3 is 5.97 Å². The third-order valence-corrected chi connectivity index (χ3v) is 4.50. The van der Waals surface area contributed by atoms with Gasteiger partial charge in [0.05, 0.1) is 0 Å². The number of para-hydroxylation sites is 1. The Bertz CT molecular complexity index is 665. The summed E-state index contributed by atoms with van der Waals surface area (Å²) >= 11 is 0. The fraction of sp³-hybridized carbons (Fsp3) is 0.381. The molecule has 1 atom stereocenters. The lowest BCUT2D eigenvalue weighted by Gasteiger charge is -2.37. The van der Waals surface area contributed by atoms with Gasteiger partial charge in [0.15, 0.2) is 5.60 Å². The Labute approximate surface area is 145 Å². The molecule has 0 aliphatic heterocycles. The number of ether oxygens (including phenoxy) is 1. The smallest absolute Gasteiger partial charge is 0.303 e. The molecule has 2 aromatic rings. The zero-order valence-electron chi connectivity index (χ0n) is 15.1. The van der Waals surface area contributed by atoms with E-state index in [0.29, 0.717) is 6.42 Å². The second-order valence-corrected chi connectivity index (χ2v) is 5.83. The number of esters is 1. The average Bonchev–Trinajstić information content (AvgIpc) is 2.62. The number of anilines is 1. The molecule has 0 aliphatic rings. The SMILES string of the molecule is CCN(CC)c1ccccc1C(CC)(OC(C)=O)c1ccccc1. The van der Waals surface area contributed by atoms with Crippen LogP contribution in [0.1, 0.15) is 45.2 Å². The number of carbonyl (C=O) groups excluding carboxylic acids is 1. The van der Waals surface area contributed by atoms with Crippen molar-refractivity contribution in [1.82, 2.24) is 0 Å². The van der Waals surface area contributed by atoms with Crippen molar-refractivity contribution in [3.05, 3.63) is 65.7 Å². The number of rotatable bonds is 7. The second kappa shape index (κ2) is 8.00. The largest absolute Gasteiger partial charge is 0.449 e. The van der Waals surface area contributed by atoms with Crippen molar-refractivity contribution in [2.75, 3.05) is 18.0 Å². The van der Waals surface area contributed by atoms with Crippen LogP contribution in [0, 0.1) is 0 Å². The van der Waals surface area contributed by atoms with Crippen LogP contribution in [-0.4, -0.2) is 19.1 Å². The molecule has 0 radical (unpaired) electrons. The summed E-state index contributed by atoms with van der Waals surface area (Å²) < 4.78 is 5.97. The van der Waals surface area contributed by atoms with Crippen molar-refractivity contribution in [3.8, 4) is 0 Å². The van der Waals surface area contributed by atoms with Crippen LogP contribution >= 0.6 is 0 Å². The van der Waals surface area contributed by atoms with Crippen LogP contribution in [0.2, 0.25) is 0 Å². The summed E-state index contributed by atoms with van der Waals surface area (Å²) in [5.41, 5.74) is 2.39. The number of benzene rings is 2. The summed E-state index contributed by atoms with van der Waals surface area (Å²) in [4.78, 5) is 14.2. The van der Waals surface area contributed by atoms with Crippen LogP contribution < -0.4 is 4.90 Å². The minimum atomic E-state index is -0.772. The summed E-state index contributed by atoms with van der Waals surface area (Å²) in [7, 11) is 0. The van der Waals surface area contributed by atoms with Crippen LogP contribution in [0.5, 0.6) is 0 Å². The molecule has 0 amide bonds.